The Morgan fingerprint density at radius 2 is 2.56 bits per heavy atom. The van der Waals surface area contributed by atoms with Crippen molar-refractivity contribution in [2.75, 3.05) is 13.2 Å². The first-order valence-corrected chi connectivity index (χ1v) is 6.96. The van der Waals surface area contributed by atoms with E-state index >= 15 is 0 Å². The zero-order valence-corrected chi connectivity index (χ0v) is 10.7. The summed E-state index contributed by atoms with van der Waals surface area (Å²) in [4.78, 5) is 5.68. The van der Waals surface area contributed by atoms with Gasteiger partial charge in [0.15, 0.2) is 0 Å². The molecule has 1 aromatic rings. The van der Waals surface area contributed by atoms with Gasteiger partial charge in [-0.3, -0.25) is 0 Å². The van der Waals surface area contributed by atoms with Crippen molar-refractivity contribution in [2.45, 2.75) is 45.3 Å². The molecule has 1 saturated heterocycles. The van der Waals surface area contributed by atoms with Crippen LogP contribution in [0.2, 0.25) is 0 Å². The van der Waals surface area contributed by atoms with Crippen LogP contribution >= 0.6 is 11.3 Å². The van der Waals surface area contributed by atoms with Gasteiger partial charge in [0, 0.05) is 24.2 Å². The van der Waals surface area contributed by atoms with Gasteiger partial charge in [0.25, 0.3) is 0 Å². The van der Waals surface area contributed by atoms with Crippen LogP contribution in [-0.4, -0.2) is 24.2 Å². The molecule has 0 spiro atoms. The van der Waals surface area contributed by atoms with Crippen LogP contribution in [0.4, 0.5) is 0 Å². The van der Waals surface area contributed by atoms with Crippen molar-refractivity contribution in [2.24, 2.45) is 0 Å². The molecule has 4 heteroatoms. The Morgan fingerprint density at radius 3 is 3.25 bits per heavy atom. The summed E-state index contributed by atoms with van der Waals surface area (Å²) in [6.07, 6.45) is 7.14. The summed E-state index contributed by atoms with van der Waals surface area (Å²) in [5.74, 6) is 0. The number of ether oxygens (including phenoxy) is 1. The third kappa shape index (κ3) is 3.54. The van der Waals surface area contributed by atoms with Crippen molar-refractivity contribution in [3.05, 3.63) is 16.1 Å². The van der Waals surface area contributed by atoms with Gasteiger partial charge in [-0.15, -0.1) is 11.3 Å². The fourth-order valence-electron chi connectivity index (χ4n) is 1.94. The van der Waals surface area contributed by atoms with Crippen LogP contribution in [0.5, 0.6) is 0 Å². The lowest BCUT2D eigenvalue weighted by Crippen LogP contribution is -2.19. The van der Waals surface area contributed by atoms with Crippen LogP contribution in [0.3, 0.4) is 0 Å². The molecule has 16 heavy (non-hydrogen) atoms. The molecule has 2 heterocycles. The van der Waals surface area contributed by atoms with Gasteiger partial charge in [0.05, 0.1) is 11.1 Å². The van der Waals surface area contributed by atoms with Crippen LogP contribution in [0.1, 0.15) is 36.1 Å². The molecule has 0 aliphatic carbocycles. The van der Waals surface area contributed by atoms with E-state index in [1.54, 1.807) is 0 Å². The van der Waals surface area contributed by atoms with Crippen LogP contribution in [-0.2, 0) is 17.7 Å². The van der Waals surface area contributed by atoms with Crippen molar-refractivity contribution in [3.8, 4) is 0 Å². The van der Waals surface area contributed by atoms with Crippen LogP contribution in [0.25, 0.3) is 0 Å². The van der Waals surface area contributed by atoms with E-state index in [0.717, 1.165) is 32.5 Å². The largest absolute Gasteiger partial charge is 0.378 e. The Labute approximate surface area is 101 Å². The normalized spacial score (nSPS) is 20.4. The summed E-state index contributed by atoms with van der Waals surface area (Å²) in [6.45, 7) is 5.10. The first-order chi connectivity index (χ1) is 7.88. The molecule has 1 aliphatic rings. The summed E-state index contributed by atoms with van der Waals surface area (Å²) in [7, 11) is 0. The monoisotopic (exact) mass is 240 g/mol. The van der Waals surface area contributed by atoms with E-state index < -0.39 is 0 Å². The highest BCUT2D eigenvalue weighted by Crippen LogP contribution is 2.15. The van der Waals surface area contributed by atoms with Crippen LogP contribution in [0, 0.1) is 0 Å². The van der Waals surface area contributed by atoms with E-state index in [1.165, 1.54) is 22.7 Å². The van der Waals surface area contributed by atoms with Gasteiger partial charge in [-0.05, 0) is 32.2 Å². The Morgan fingerprint density at radius 1 is 1.62 bits per heavy atom. The number of rotatable bonds is 6. The molecule has 0 aromatic carbocycles. The van der Waals surface area contributed by atoms with Crippen LogP contribution in [0.15, 0.2) is 6.20 Å². The Bertz CT molecular complexity index is 308. The molecule has 1 aliphatic heterocycles. The molecule has 1 unspecified atom stereocenters. The topological polar surface area (TPSA) is 34.2 Å². The first kappa shape index (κ1) is 12.0. The third-order valence-corrected chi connectivity index (χ3v) is 4.01. The van der Waals surface area contributed by atoms with Gasteiger partial charge in [-0.2, -0.15) is 0 Å². The smallest absolute Gasteiger partial charge is 0.0925 e. The molecule has 3 nitrogen and oxygen atoms in total. The van der Waals surface area contributed by atoms with E-state index in [9.17, 15) is 0 Å². The highest BCUT2D eigenvalue weighted by atomic mass is 32.1. The average molecular weight is 240 g/mol. The number of nitrogens with zero attached hydrogens (tertiary/aromatic N) is 1. The molecule has 0 radical (unpaired) electrons. The van der Waals surface area contributed by atoms with Crippen molar-refractivity contribution >= 4 is 11.3 Å². The van der Waals surface area contributed by atoms with Crippen molar-refractivity contribution in [3.63, 3.8) is 0 Å². The highest BCUT2D eigenvalue weighted by Gasteiger charge is 2.14. The van der Waals surface area contributed by atoms with Gasteiger partial charge in [-0.25, -0.2) is 4.98 Å². The highest BCUT2D eigenvalue weighted by molar-refractivity contribution is 7.11. The zero-order chi connectivity index (χ0) is 11.2. The maximum absolute atomic E-state index is 5.58. The lowest BCUT2D eigenvalue weighted by Gasteiger charge is -2.08. The molecule has 0 amide bonds. The molecule has 0 bridgehead atoms. The lowest BCUT2D eigenvalue weighted by molar-refractivity contribution is 0.104. The molecular formula is C12H20N2OS. The molecular weight excluding hydrogens is 220 g/mol. The van der Waals surface area contributed by atoms with E-state index in [4.69, 9.17) is 4.74 Å². The molecule has 1 fully saturated rings. The fourth-order valence-corrected chi connectivity index (χ4v) is 2.77. The standard InChI is InChI=1S/C12H20N2OS/c1-2-12-14-9-11(16-12)8-13-6-5-10-4-3-7-15-10/h9-10,13H,2-8H2,1H3. The van der Waals surface area contributed by atoms with E-state index in [1.807, 2.05) is 17.5 Å². The summed E-state index contributed by atoms with van der Waals surface area (Å²) in [5, 5.41) is 4.69. The maximum Gasteiger partial charge on any atom is 0.0925 e. The first-order valence-electron chi connectivity index (χ1n) is 6.14. The van der Waals surface area contributed by atoms with E-state index in [2.05, 4.69) is 17.2 Å². The predicted molar refractivity (Wildman–Crippen MR) is 66.8 cm³/mol. The van der Waals surface area contributed by atoms with Gasteiger partial charge in [-0.1, -0.05) is 6.92 Å². The number of hydrogen-bond donors (Lipinski definition) is 1. The number of aromatic nitrogens is 1. The van der Waals surface area contributed by atoms with Gasteiger partial charge < -0.3 is 10.1 Å². The quantitative estimate of drug-likeness (QED) is 0.775. The number of nitrogens with one attached hydrogen (secondary N) is 1. The minimum Gasteiger partial charge on any atom is -0.378 e. The lowest BCUT2D eigenvalue weighted by atomic mass is 10.2. The summed E-state index contributed by atoms with van der Waals surface area (Å²) >= 11 is 1.81. The van der Waals surface area contributed by atoms with E-state index in [0.29, 0.717) is 6.10 Å². The second-order valence-corrected chi connectivity index (χ2v) is 5.37. The molecule has 1 N–H and O–H groups in total. The Balaban J connectivity index is 1.60. The average Bonchev–Trinajstić information content (AvgIpc) is 2.95. The number of hydrogen-bond acceptors (Lipinski definition) is 4. The minimum absolute atomic E-state index is 0.500. The number of aryl methyl sites for hydroxylation is 1. The van der Waals surface area contributed by atoms with Gasteiger partial charge in [0.1, 0.15) is 0 Å². The molecule has 1 atom stereocenters. The second-order valence-electron chi connectivity index (χ2n) is 4.17. The molecule has 90 valence electrons. The third-order valence-electron chi connectivity index (χ3n) is 2.87. The van der Waals surface area contributed by atoms with Crippen molar-refractivity contribution < 1.29 is 4.74 Å². The zero-order valence-electron chi connectivity index (χ0n) is 9.87. The van der Waals surface area contributed by atoms with E-state index in [-0.39, 0.29) is 0 Å². The summed E-state index contributed by atoms with van der Waals surface area (Å²) in [6, 6.07) is 0. The Kier molecular flexibility index (Phi) is 4.75. The van der Waals surface area contributed by atoms with Gasteiger partial charge >= 0.3 is 0 Å². The number of thiazole rings is 1. The molecule has 2 rings (SSSR count). The predicted octanol–water partition coefficient (Wildman–Crippen LogP) is 2.36. The summed E-state index contributed by atoms with van der Waals surface area (Å²) < 4.78 is 5.58. The summed E-state index contributed by atoms with van der Waals surface area (Å²) in [5.41, 5.74) is 0. The Hall–Kier alpha value is -0.450. The fraction of sp³-hybridized carbons (Fsp3) is 0.750. The van der Waals surface area contributed by atoms with Crippen molar-refractivity contribution in [1.82, 2.24) is 10.3 Å². The van der Waals surface area contributed by atoms with Crippen LogP contribution < -0.4 is 5.32 Å². The van der Waals surface area contributed by atoms with Gasteiger partial charge in [0.2, 0.25) is 0 Å². The molecule has 1 aromatic heterocycles. The SMILES string of the molecule is CCc1ncc(CNCCC2CCCO2)s1. The van der Waals surface area contributed by atoms with Crippen molar-refractivity contribution in [1.29, 1.82) is 0 Å². The maximum atomic E-state index is 5.58. The minimum atomic E-state index is 0.500. The molecule has 0 saturated carbocycles. The second kappa shape index (κ2) is 6.33.